The van der Waals surface area contributed by atoms with E-state index in [9.17, 15) is 14.4 Å². The topological polar surface area (TPSA) is 131 Å². The molecule has 0 aliphatic carbocycles. The summed E-state index contributed by atoms with van der Waals surface area (Å²) in [5.41, 5.74) is 8.25. The number of thiocarbonyl (C=S) groups is 1. The van der Waals surface area contributed by atoms with Crippen molar-refractivity contribution < 1.29 is 28.6 Å². The highest BCUT2D eigenvalue weighted by molar-refractivity contribution is 7.80. The molecule has 3 N–H and O–H groups in total. The summed E-state index contributed by atoms with van der Waals surface area (Å²) in [5, 5.41) is 3.86. The van der Waals surface area contributed by atoms with Crippen LogP contribution in [0.3, 0.4) is 0 Å². The van der Waals surface area contributed by atoms with Gasteiger partial charge in [0.1, 0.15) is 5.00 Å². The van der Waals surface area contributed by atoms with E-state index in [0.717, 1.165) is 16.9 Å². The molecule has 4 aromatic rings. The lowest BCUT2D eigenvalue weighted by atomic mass is 10.0. The van der Waals surface area contributed by atoms with E-state index >= 15 is 0 Å². The van der Waals surface area contributed by atoms with E-state index in [0.29, 0.717) is 49.1 Å². The number of para-hydroxylation sites is 1. The third-order valence-electron chi connectivity index (χ3n) is 6.28. The van der Waals surface area contributed by atoms with Crippen LogP contribution in [0, 0.1) is 6.92 Å². The van der Waals surface area contributed by atoms with E-state index in [-0.39, 0.29) is 23.4 Å². The average molecular weight is 592 g/mol. The molecule has 0 saturated heterocycles. The number of rotatable bonds is 5. The van der Waals surface area contributed by atoms with Crippen molar-refractivity contribution in [3.05, 3.63) is 70.1 Å². The molecule has 2 aromatic carbocycles. The number of ether oxygens (including phenoxy) is 3. The highest BCUT2D eigenvalue weighted by Gasteiger charge is 2.27. The van der Waals surface area contributed by atoms with Crippen LogP contribution >= 0.6 is 23.6 Å². The van der Waals surface area contributed by atoms with E-state index in [1.807, 2.05) is 30.3 Å². The fourth-order valence-electron chi connectivity index (χ4n) is 4.24. The van der Waals surface area contributed by atoms with Crippen molar-refractivity contribution in [3.8, 4) is 22.8 Å². The number of pyridine rings is 1. The van der Waals surface area contributed by atoms with E-state index < -0.39 is 11.9 Å². The molecular weight excluding hydrogens is 566 g/mol. The third kappa shape index (κ3) is 5.49. The lowest BCUT2D eigenvalue weighted by Gasteiger charge is -2.14. The summed E-state index contributed by atoms with van der Waals surface area (Å²) in [7, 11) is 4.49. The molecule has 0 spiro atoms. The number of esters is 1. The van der Waals surface area contributed by atoms with Gasteiger partial charge in [-0.25, -0.2) is 9.78 Å². The molecule has 0 bridgehead atoms. The largest absolute Gasteiger partial charge is 0.465 e. The zero-order valence-corrected chi connectivity index (χ0v) is 24.1. The zero-order valence-electron chi connectivity index (χ0n) is 22.5. The Hall–Kier alpha value is -4.75. The minimum Gasteiger partial charge on any atom is -0.465 e. The number of carbonyl (C=O) groups is 3. The van der Waals surface area contributed by atoms with E-state index in [4.69, 9.17) is 31.4 Å². The molecule has 0 atom stereocenters. The highest BCUT2D eigenvalue weighted by Crippen LogP contribution is 2.37. The summed E-state index contributed by atoms with van der Waals surface area (Å²) in [6, 6.07) is 14.4. The fraction of sp³-hybridized carbons (Fsp3) is 0.179. The lowest BCUT2D eigenvalue weighted by Crippen LogP contribution is -2.43. The van der Waals surface area contributed by atoms with Crippen LogP contribution in [0.15, 0.2) is 48.5 Å². The van der Waals surface area contributed by atoms with Gasteiger partial charge in [0.05, 0.1) is 34.3 Å². The fourth-order valence-corrected chi connectivity index (χ4v) is 5.68. The van der Waals surface area contributed by atoms with Crippen molar-refractivity contribution in [1.82, 2.24) is 20.7 Å². The number of thiophene rings is 1. The normalized spacial score (nSPS) is 11.6. The Bertz CT molecular complexity index is 1720. The monoisotopic (exact) mass is 591 g/mol. The maximum atomic E-state index is 13.4. The Labute approximate surface area is 244 Å². The number of anilines is 1. The number of benzene rings is 2. The first kappa shape index (κ1) is 27.8. The second-order valence-corrected chi connectivity index (χ2v) is 10.6. The van der Waals surface area contributed by atoms with Gasteiger partial charge in [0.25, 0.3) is 11.8 Å². The highest BCUT2D eigenvalue weighted by atomic mass is 32.1. The van der Waals surface area contributed by atoms with Gasteiger partial charge in [-0.3, -0.25) is 20.4 Å². The molecule has 13 heteroatoms. The van der Waals surface area contributed by atoms with Gasteiger partial charge in [-0.15, -0.1) is 11.3 Å². The van der Waals surface area contributed by atoms with Crippen molar-refractivity contribution in [2.75, 3.05) is 33.3 Å². The number of methoxy groups -OCH3 is 1. The van der Waals surface area contributed by atoms with E-state index in [1.54, 1.807) is 39.2 Å². The molecule has 1 aliphatic heterocycles. The van der Waals surface area contributed by atoms with E-state index in [2.05, 4.69) is 16.2 Å². The van der Waals surface area contributed by atoms with Gasteiger partial charge in [0.2, 0.25) is 6.79 Å². The summed E-state index contributed by atoms with van der Waals surface area (Å²) in [6.07, 6.45) is 0. The molecule has 2 aromatic heterocycles. The van der Waals surface area contributed by atoms with E-state index in [1.165, 1.54) is 12.0 Å². The molecule has 5 rings (SSSR count). The summed E-state index contributed by atoms with van der Waals surface area (Å²) in [5.74, 6) is -0.0981. The first-order valence-corrected chi connectivity index (χ1v) is 13.5. The number of nitrogens with zero attached hydrogens (tertiary/aromatic N) is 2. The predicted molar refractivity (Wildman–Crippen MR) is 159 cm³/mol. The Morgan fingerprint density at radius 3 is 2.56 bits per heavy atom. The standard InChI is InChI=1S/C28H25N5O6S2/c1-14-22(27(36)37-4)25(41-23(14)26(35)33(2)3)30-28(40)32-31-24(34)17-12-19(29-18-8-6-5-7-16(17)18)15-9-10-20-21(11-15)39-13-38-20/h5-12H,13H2,1-4H3,(H,31,34)(H2,30,32,40). The number of nitrogens with one attached hydrogen (secondary N) is 3. The molecule has 11 nitrogen and oxygen atoms in total. The van der Waals surface area contributed by atoms with Gasteiger partial charge in [-0.1, -0.05) is 18.2 Å². The molecule has 41 heavy (non-hydrogen) atoms. The van der Waals surface area contributed by atoms with Gasteiger partial charge in [-0.05, 0) is 55.0 Å². The minimum absolute atomic E-state index is 0.00274. The maximum Gasteiger partial charge on any atom is 0.341 e. The Morgan fingerprint density at radius 2 is 1.80 bits per heavy atom. The Kier molecular flexibility index (Phi) is 7.72. The summed E-state index contributed by atoms with van der Waals surface area (Å²) < 4.78 is 15.8. The van der Waals surface area contributed by atoms with Crippen molar-refractivity contribution in [1.29, 1.82) is 0 Å². The third-order valence-corrected chi connectivity index (χ3v) is 7.68. The predicted octanol–water partition coefficient (Wildman–Crippen LogP) is 4.12. The molecule has 0 unspecified atom stereocenters. The van der Waals surface area contributed by atoms with Crippen LogP contribution < -0.4 is 25.6 Å². The molecule has 210 valence electrons. The molecular formula is C28H25N5O6S2. The number of fused-ring (bicyclic) bond motifs is 2. The van der Waals surface area contributed by atoms with Crippen molar-refractivity contribution >= 4 is 62.4 Å². The van der Waals surface area contributed by atoms with Crippen LogP contribution in [-0.4, -0.2) is 60.8 Å². The van der Waals surface area contributed by atoms with Crippen LogP contribution in [0.2, 0.25) is 0 Å². The van der Waals surface area contributed by atoms with Crippen LogP contribution in [0.5, 0.6) is 11.5 Å². The SMILES string of the molecule is COC(=O)c1c(NC(=S)NNC(=O)c2cc(-c3ccc4c(c3)OCO4)nc3ccccc23)sc(C(=O)N(C)C)c1C. The van der Waals surface area contributed by atoms with Crippen LogP contribution in [0.4, 0.5) is 5.00 Å². The summed E-state index contributed by atoms with van der Waals surface area (Å²) in [4.78, 5) is 45.0. The number of aromatic nitrogens is 1. The first-order valence-electron chi connectivity index (χ1n) is 12.3. The van der Waals surface area contributed by atoms with Gasteiger partial charge in [-0.2, -0.15) is 0 Å². The number of hydrogen-bond acceptors (Lipinski definition) is 9. The second-order valence-electron chi connectivity index (χ2n) is 9.12. The van der Waals surface area contributed by atoms with Crippen molar-refractivity contribution in [2.24, 2.45) is 0 Å². The van der Waals surface area contributed by atoms with Gasteiger partial charge < -0.3 is 24.4 Å². The minimum atomic E-state index is -0.620. The van der Waals surface area contributed by atoms with Crippen molar-refractivity contribution in [3.63, 3.8) is 0 Å². The summed E-state index contributed by atoms with van der Waals surface area (Å²) in [6.45, 7) is 1.81. The number of hydrogen-bond donors (Lipinski definition) is 3. The van der Waals surface area contributed by atoms with Crippen molar-refractivity contribution in [2.45, 2.75) is 6.92 Å². The molecule has 3 heterocycles. The molecule has 0 saturated carbocycles. The maximum absolute atomic E-state index is 13.4. The second kappa shape index (κ2) is 11.4. The Balaban J connectivity index is 1.38. The smallest absolute Gasteiger partial charge is 0.341 e. The number of hydrazine groups is 1. The molecule has 0 radical (unpaired) electrons. The number of carbonyl (C=O) groups excluding carboxylic acids is 3. The summed E-state index contributed by atoms with van der Waals surface area (Å²) >= 11 is 6.45. The van der Waals surface area contributed by atoms with Gasteiger partial charge in [0.15, 0.2) is 16.6 Å². The zero-order chi connectivity index (χ0) is 29.3. The van der Waals surface area contributed by atoms with Gasteiger partial charge in [0, 0.05) is 25.0 Å². The number of amides is 2. The van der Waals surface area contributed by atoms with Crippen LogP contribution in [0.25, 0.3) is 22.2 Å². The van der Waals surface area contributed by atoms with Crippen LogP contribution in [0.1, 0.15) is 36.0 Å². The van der Waals surface area contributed by atoms with Gasteiger partial charge >= 0.3 is 5.97 Å². The quantitative estimate of drug-likeness (QED) is 0.177. The van der Waals surface area contributed by atoms with Crippen LogP contribution in [-0.2, 0) is 4.74 Å². The molecule has 1 aliphatic rings. The lowest BCUT2D eigenvalue weighted by molar-refractivity contribution is 0.0601. The average Bonchev–Trinajstić information content (AvgIpc) is 3.57. The Morgan fingerprint density at radius 1 is 1.05 bits per heavy atom. The molecule has 2 amide bonds. The molecule has 0 fully saturated rings. The first-order chi connectivity index (χ1) is 19.7.